The van der Waals surface area contributed by atoms with E-state index in [0.717, 1.165) is 0 Å². The van der Waals surface area contributed by atoms with Crippen molar-refractivity contribution in [3.05, 3.63) is 10.2 Å². The predicted molar refractivity (Wildman–Crippen MR) is 27.5 cm³/mol. The molecule has 0 aromatic rings. The van der Waals surface area contributed by atoms with Crippen LogP contribution in [0.25, 0.3) is 0 Å². The monoisotopic (exact) mass is 167 g/mol. The fourth-order valence-corrected chi connectivity index (χ4v) is 0. The van der Waals surface area contributed by atoms with Gasteiger partial charge in [0, 0.05) is 4.08 Å². The summed E-state index contributed by atoms with van der Waals surface area (Å²) in [6.45, 7) is 1.94. The van der Waals surface area contributed by atoms with Crippen molar-refractivity contribution in [3.63, 3.8) is 0 Å². The molecule has 0 spiro atoms. The molecule has 0 bridgehead atoms. The molecule has 0 rings (SSSR count). The minimum absolute atomic E-state index is 1.86. The molecule has 0 aromatic heterocycles. The lowest BCUT2D eigenvalue weighted by Crippen LogP contribution is -1.20. The molecule has 0 aliphatic heterocycles. The summed E-state index contributed by atoms with van der Waals surface area (Å²) >= 11 is 2.05. The summed E-state index contributed by atoms with van der Waals surface area (Å²) in [4.78, 5) is 0. The van der Waals surface area contributed by atoms with E-state index in [0.29, 0.717) is 0 Å². The van der Waals surface area contributed by atoms with Gasteiger partial charge in [-0.2, -0.15) is 0 Å². The van der Waals surface area contributed by atoms with Crippen molar-refractivity contribution in [1.82, 2.24) is 0 Å². The molecule has 0 fully saturated rings. The van der Waals surface area contributed by atoms with Crippen molar-refractivity contribution in [3.8, 4) is 0 Å². The SMILES string of the molecule is C/C=[C]/I. The highest BCUT2D eigenvalue weighted by Gasteiger charge is 1.38. The third kappa shape index (κ3) is 2.47. The van der Waals surface area contributed by atoms with Gasteiger partial charge in [0.1, 0.15) is 0 Å². The van der Waals surface area contributed by atoms with E-state index < -0.39 is 0 Å². The van der Waals surface area contributed by atoms with Crippen LogP contribution in [-0.4, -0.2) is 0 Å². The van der Waals surface area contributed by atoms with Crippen LogP contribution >= 0.6 is 22.6 Å². The highest BCUT2D eigenvalue weighted by Crippen LogP contribution is 1.75. The lowest BCUT2D eigenvalue weighted by molar-refractivity contribution is 1.78. The average Bonchev–Trinajstić information content (AvgIpc) is 1.37. The first-order chi connectivity index (χ1) is 1.91. The molecule has 0 saturated carbocycles. The Bertz CT molecular complexity index is 18.5. The Labute approximate surface area is 40.0 Å². The molecule has 0 N–H and O–H groups in total. The minimum atomic E-state index is 1.86. The molecule has 1 heteroatoms. The smallest absolute Gasteiger partial charge is 0.0217 e. The summed E-state index contributed by atoms with van der Waals surface area (Å²) in [5.74, 6) is 0. The summed E-state index contributed by atoms with van der Waals surface area (Å²) in [5, 5.41) is 0. The van der Waals surface area contributed by atoms with Crippen molar-refractivity contribution in [1.29, 1.82) is 0 Å². The zero-order valence-corrected chi connectivity index (χ0v) is 4.61. The van der Waals surface area contributed by atoms with E-state index in [4.69, 9.17) is 0 Å². The van der Waals surface area contributed by atoms with E-state index in [2.05, 4.69) is 4.08 Å². The van der Waals surface area contributed by atoms with Crippen molar-refractivity contribution in [2.75, 3.05) is 0 Å². The van der Waals surface area contributed by atoms with E-state index >= 15 is 0 Å². The third-order valence-electron chi connectivity index (χ3n) is 0.109. The summed E-state index contributed by atoms with van der Waals surface area (Å²) < 4.78 is 2.78. The van der Waals surface area contributed by atoms with Crippen LogP contribution in [-0.2, 0) is 0 Å². The van der Waals surface area contributed by atoms with Crippen LogP contribution in [0.4, 0.5) is 0 Å². The minimum Gasteiger partial charge on any atom is -0.0732 e. The topological polar surface area (TPSA) is 0 Å². The lowest BCUT2D eigenvalue weighted by atomic mass is 10.8. The fraction of sp³-hybridized carbons (Fsp3) is 0.333. The summed E-state index contributed by atoms with van der Waals surface area (Å²) in [6.07, 6.45) is 1.86. The van der Waals surface area contributed by atoms with Gasteiger partial charge in [0.25, 0.3) is 0 Å². The van der Waals surface area contributed by atoms with Crippen molar-refractivity contribution < 1.29 is 0 Å². The maximum absolute atomic E-state index is 2.78. The van der Waals surface area contributed by atoms with E-state index in [1.54, 1.807) is 0 Å². The van der Waals surface area contributed by atoms with Gasteiger partial charge in [0.05, 0.1) is 0 Å². The normalized spacial score (nSPS) is 9.50. The molecule has 1 radical (unpaired) electrons. The Morgan fingerprint density at radius 1 is 2.00 bits per heavy atom. The van der Waals surface area contributed by atoms with Gasteiger partial charge in [-0.15, -0.1) is 0 Å². The molecule has 4 heavy (non-hydrogen) atoms. The van der Waals surface area contributed by atoms with Crippen molar-refractivity contribution in [2.24, 2.45) is 0 Å². The molecule has 0 unspecified atom stereocenters. The van der Waals surface area contributed by atoms with Gasteiger partial charge in [0.15, 0.2) is 0 Å². The molecule has 0 nitrogen and oxygen atoms in total. The first-order valence-electron chi connectivity index (χ1n) is 1.06. The second-order valence-corrected chi connectivity index (χ2v) is 1.02. The van der Waals surface area contributed by atoms with Crippen LogP contribution in [0.15, 0.2) is 6.08 Å². The Kier molecular flexibility index (Phi) is 3.88. The first-order valence-corrected chi connectivity index (χ1v) is 2.13. The quantitative estimate of drug-likeness (QED) is 0.482. The van der Waals surface area contributed by atoms with Gasteiger partial charge >= 0.3 is 0 Å². The maximum Gasteiger partial charge on any atom is 0.0217 e. The Balaban J connectivity index is 2.55. The molecule has 0 amide bonds. The van der Waals surface area contributed by atoms with Crippen LogP contribution < -0.4 is 0 Å². The standard InChI is InChI=1S/C3H4I/c1-2-3-4/h2H,1H3. The third-order valence-corrected chi connectivity index (χ3v) is 0.732. The molecule has 0 atom stereocenters. The maximum atomic E-state index is 2.78. The lowest BCUT2D eigenvalue weighted by Gasteiger charge is -1.45. The summed E-state index contributed by atoms with van der Waals surface area (Å²) in [7, 11) is 0. The molecule has 0 heterocycles. The zero-order chi connectivity index (χ0) is 3.41. The fourth-order valence-electron chi connectivity index (χ4n) is 0. The van der Waals surface area contributed by atoms with Gasteiger partial charge in [-0.3, -0.25) is 0 Å². The van der Waals surface area contributed by atoms with Crippen LogP contribution in [0.2, 0.25) is 0 Å². The highest BCUT2D eigenvalue weighted by molar-refractivity contribution is 14.1. The summed E-state index contributed by atoms with van der Waals surface area (Å²) in [6, 6.07) is 0. The molecular formula is C3H4I. The van der Waals surface area contributed by atoms with Gasteiger partial charge in [0.2, 0.25) is 0 Å². The van der Waals surface area contributed by atoms with E-state index in [9.17, 15) is 0 Å². The zero-order valence-electron chi connectivity index (χ0n) is 2.46. The molecule has 0 aliphatic carbocycles. The number of hydrogen-bond acceptors (Lipinski definition) is 0. The van der Waals surface area contributed by atoms with E-state index in [1.165, 1.54) is 0 Å². The van der Waals surface area contributed by atoms with Crippen molar-refractivity contribution in [2.45, 2.75) is 6.92 Å². The second-order valence-electron chi connectivity index (χ2n) is 0.398. The van der Waals surface area contributed by atoms with Crippen molar-refractivity contribution >= 4 is 22.6 Å². The van der Waals surface area contributed by atoms with Gasteiger partial charge in [-0.1, -0.05) is 6.08 Å². The summed E-state index contributed by atoms with van der Waals surface area (Å²) in [5.41, 5.74) is 0. The first kappa shape index (κ1) is 4.47. The Morgan fingerprint density at radius 3 is 2.25 bits per heavy atom. The molecule has 23 valence electrons. The van der Waals surface area contributed by atoms with E-state index in [1.807, 2.05) is 35.6 Å². The van der Waals surface area contributed by atoms with Gasteiger partial charge in [-0.05, 0) is 29.5 Å². The average molecular weight is 167 g/mol. The Hall–Kier alpha value is 0.470. The van der Waals surface area contributed by atoms with Crippen LogP contribution in [0.5, 0.6) is 0 Å². The molecule has 0 aliphatic rings. The Morgan fingerprint density at radius 2 is 2.25 bits per heavy atom. The van der Waals surface area contributed by atoms with Crippen LogP contribution in [0.3, 0.4) is 0 Å². The highest BCUT2D eigenvalue weighted by atomic mass is 127. The van der Waals surface area contributed by atoms with Crippen LogP contribution in [0.1, 0.15) is 6.92 Å². The molecular weight excluding hydrogens is 163 g/mol. The number of allylic oxidation sites excluding steroid dienone is 1. The largest absolute Gasteiger partial charge is 0.0732 e. The molecule has 0 aromatic carbocycles. The predicted octanol–water partition coefficient (Wildman–Crippen LogP) is 1.76. The van der Waals surface area contributed by atoms with E-state index in [-0.39, 0.29) is 0 Å². The number of hydrogen-bond donors (Lipinski definition) is 0. The molecule has 0 saturated heterocycles. The van der Waals surface area contributed by atoms with Gasteiger partial charge in [-0.25, -0.2) is 0 Å². The second kappa shape index (κ2) is 3.47. The number of rotatable bonds is 0. The number of halogens is 1. The van der Waals surface area contributed by atoms with Gasteiger partial charge < -0.3 is 0 Å². The van der Waals surface area contributed by atoms with Crippen LogP contribution in [0, 0.1) is 4.08 Å².